The highest BCUT2D eigenvalue weighted by molar-refractivity contribution is 7.98. The number of ether oxygens (including phenoxy) is 1. The molecule has 4 rings (SSSR count). The zero-order chi connectivity index (χ0) is 19.5. The van der Waals surface area contributed by atoms with Crippen molar-refractivity contribution in [1.82, 2.24) is 20.2 Å². The van der Waals surface area contributed by atoms with Crippen LogP contribution < -0.4 is 10.3 Å². The van der Waals surface area contributed by atoms with Crippen molar-refractivity contribution in [2.75, 3.05) is 0 Å². The van der Waals surface area contributed by atoms with Gasteiger partial charge in [-0.2, -0.15) is 0 Å². The van der Waals surface area contributed by atoms with E-state index >= 15 is 0 Å². The Kier molecular flexibility index (Phi) is 5.31. The fourth-order valence-electron chi connectivity index (χ4n) is 2.58. The van der Waals surface area contributed by atoms with E-state index in [1.807, 2.05) is 19.1 Å². The van der Waals surface area contributed by atoms with Crippen LogP contribution in [0.1, 0.15) is 17.3 Å². The zero-order valence-electron chi connectivity index (χ0n) is 14.8. The van der Waals surface area contributed by atoms with Gasteiger partial charge in [-0.3, -0.25) is 4.79 Å². The molecule has 4 aromatic rings. The summed E-state index contributed by atoms with van der Waals surface area (Å²) in [5, 5.41) is 9.54. The van der Waals surface area contributed by atoms with E-state index in [1.54, 1.807) is 30.3 Å². The predicted octanol–water partition coefficient (Wildman–Crippen LogP) is 4.14. The van der Waals surface area contributed by atoms with Crippen molar-refractivity contribution >= 4 is 34.3 Å². The lowest BCUT2D eigenvalue weighted by molar-refractivity contribution is 0.252. The van der Waals surface area contributed by atoms with Crippen LogP contribution in [0.3, 0.4) is 0 Å². The first kappa shape index (κ1) is 18.5. The number of aromatic nitrogens is 4. The minimum atomic E-state index is -0.160. The summed E-state index contributed by atoms with van der Waals surface area (Å²) in [6.07, 6.45) is 0. The van der Waals surface area contributed by atoms with Crippen molar-refractivity contribution in [3.05, 3.63) is 75.1 Å². The molecule has 0 amide bonds. The number of halogens is 1. The summed E-state index contributed by atoms with van der Waals surface area (Å²) in [4.78, 5) is 19.6. The Morgan fingerprint density at radius 2 is 2.00 bits per heavy atom. The second kappa shape index (κ2) is 8.04. The summed E-state index contributed by atoms with van der Waals surface area (Å²) in [6, 6.07) is 12.5. The summed E-state index contributed by atoms with van der Waals surface area (Å²) < 4.78 is 11.1. The Labute approximate surface area is 169 Å². The molecule has 2 aromatic carbocycles. The van der Waals surface area contributed by atoms with Crippen LogP contribution in [0.15, 0.2) is 56.9 Å². The lowest BCUT2D eigenvalue weighted by Crippen LogP contribution is -2.11. The molecule has 28 heavy (non-hydrogen) atoms. The predicted molar refractivity (Wildman–Crippen MR) is 107 cm³/mol. The van der Waals surface area contributed by atoms with Crippen molar-refractivity contribution < 1.29 is 9.15 Å². The van der Waals surface area contributed by atoms with Gasteiger partial charge in [0.15, 0.2) is 6.61 Å². The molecule has 0 radical (unpaired) electrons. The van der Waals surface area contributed by atoms with E-state index in [4.69, 9.17) is 20.8 Å². The molecule has 0 saturated carbocycles. The van der Waals surface area contributed by atoms with Crippen LogP contribution in [-0.2, 0) is 12.4 Å². The number of thioether (sulfide) groups is 1. The van der Waals surface area contributed by atoms with Gasteiger partial charge in [0.2, 0.25) is 0 Å². The number of fused-ring (bicyclic) bond motifs is 1. The number of para-hydroxylation sites is 1. The molecule has 2 heterocycles. The molecular formula is C19H15ClN4O3S. The normalized spacial score (nSPS) is 11.1. The van der Waals surface area contributed by atoms with Crippen LogP contribution in [0.5, 0.6) is 5.75 Å². The van der Waals surface area contributed by atoms with E-state index < -0.39 is 0 Å². The van der Waals surface area contributed by atoms with E-state index in [0.29, 0.717) is 44.4 Å². The number of aromatic amines is 1. The van der Waals surface area contributed by atoms with Gasteiger partial charge in [0.25, 0.3) is 16.7 Å². The van der Waals surface area contributed by atoms with Gasteiger partial charge in [0.1, 0.15) is 11.6 Å². The van der Waals surface area contributed by atoms with Crippen molar-refractivity contribution in [2.24, 2.45) is 0 Å². The highest BCUT2D eigenvalue weighted by atomic mass is 35.5. The van der Waals surface area contributed by atoms with Crippen LogP contribution in [0.4, 0.5) is 0 Å². The zero-order valence-corrected chi connectivity index (χ0v) is 16.4. The Balaban J connectivity index is 1.40. The topological polar surface area (TPSA) is 93.9 Å². The Bertz CT molecular complexity index is 1170. The molecule has 0 aliphatic carbocycles. The number of nitrogens with one attached hydrogen (secondary N) is 1. The van der Waals surface area contributed by atoms with Gasteiger partial charge in [-0.1, -0.05) is 35.5 Å². The quantitative estimate of drug-likeness (QED) is 0.474. The second-order valence-corrected chi connectivity index (χ2v) is 7.34. The van der Waals surface area contributed by atoms with Gasteiger partial charge in [-0.25, -0.2) is 4.98 Å². The molecule has 0 bridgehead atoms. The summed E-state index contributed by atoms with van der Waals surface area (Å²) >= 11 is 7.14. The van der Waals surface area contributed by atoms with Crippen LogP contribution in [0.25, 0.3) is 10.9 Å². The minimum Gasteiger partial charge on any atom is -0.484 e. The van der Waals surface area contributed by atoms with Gasteiger partial charge < -0.3 is 14.1 Å². The third-order valence-corrected chi connectivity index (χ3v) is 5.03. The molecule has 0 saturated heterocycles. The molecular weight excluding hydrogens is 400 g/mol. The Morgan fingerprint density at radius 3 is 2.82 bits per heavy atom. The van der Waals surface area contributed by atoms with Crippen molar-refractivity contribution in [1.29, 1.82) is 0 Å². The van der Waals surface area contributed by atoms with E-state index in [1.165, 1.54) is 11.8 Å². The first-order valence-corrected chi connectivity index (χ1v) is 9.77. The Hall–Kier alpha value is -2.84. The van der Waals surface area contributed by atoms with Crippen molar-refractivity contribution in [3.63, 3.8) is 0 Å². The van der Waals surface area contributed by atoms with Crippen LogP contribution in [0.2, 0.25) is 5.02 Å². The monoisotopic (exact) mass is 414 g/mol. The van der Waals surface area contributed by atoms with Gasteiger partial charge in [0, 0.05) is 5.02 Å². The van der Waals surface area contributed by atoms with E-state index in [-0.39, 0.29) is 12.2 Å². The van der Waals surface area contributed by atoms with E-state index in [0.717, 1.165) is 5.56 Å². The first-order valence-electron chi connectivity index (χ1n) is 8.40. The number of aryl methyl sites for hydroxylation is 1. The van der Waals surface area contributed by atoms with Gasteiger partial charge in [0.05, 0.1) is 16.7 Å². The fraction of sp³-hybridized carbons (Fsp3) is 0.158. The van der Waals surface area contributed by atoms with Crippen LogP contribution in [-0.4, -0.2) is 20.2 Å². The van der Waals surface area contributed by atoms with E-state index in [2.05, 4.69) is 20.2 Å². The molecule has 0 aliphatic rings. The molecule has 7 nitrogen and oxygen atoms in total. The maximum atomic E-state index is 12.2. The molecule has 1 N–H and O–H groups in total. The van der Waals surface area contributed by atoms with Crippen molar-refractivity contribution in [2.45, 2.75) is 24.5 Å². The van der Waals surface area contributed by atoms with Crippen LogP contribution in [0, 0.1) is 6.92 Å². The average Bonchev–Trinajstić information content (AvgIpc) is 3.15. The number of H-pyrrole nitrogens is 1. The number of rotatable bonds is 6. The lowest BCUT2D eigenvalue weighted by Gasteiger charge is -2.04. The number of hydrogen-bond acceptors (Lipinski definition) is 7. The molecule has 9 heteroatoms. The lowest BCUT2D eigenvalue weighted by atomic mass is 10.1. The first-order chi connectivity index (χ1) is 13.6. The third-order valence-electron chi connectivity index (χ3n) is 3.94. The minimum absolute atomic E-state index is 0.152. The molecule has 0 atom stereocenters. The van der Waals surface area contributed by atoms with Gasteiger partial charge in [-0.05, 0) is 42.8 Å². The maximum Gasteiger partial charge on any atom is 0.277 e. The molecule has 0 fully saturated rings. The SMILES string of the molecule is Cc1cccc2c(=O)[nH]c(CSc3nnc(COc4ccc(Cl)cc4)o3)nc12. The summed E-state index contributed by atoms with van der Waals surface area (Å²) in [7, 11) is 0. The van der Waals surface area contributed by atoms with Crippen LogP contribution >= 0.6 is 23.4 Å². The fourth-order valence-corrected chi connectivity index (χ4v) is 3.36. The largest absolute Gasteiger partial charge is 0.484 e. The second-order valence-electron chi connectivity index (χ2n) is 5.98. The molecule has 0 aliphatic heterocycles. The number of benzene rings is 2. The standard InChI is InChI=1S/C19H15ClN4O3S/c1-11-3-2-4-14-17(11)21-15(22-18(14)25)10-28-19-24-23-16(27-19)9-26-13-7-5-12(20)6-8-13/h2-8H,9-10H2,1H3,(H,21,22,25). The summed E-state index contributed by atoms with van der Waals surface area (Å²) in [5.74, 6) is 1.96. The molecule has 0 spiro atoms. The van der Waals surface area contributed by atoms with Crippen molar-refractivity contribution in [3.8, 4) is 5.75 Å². The number of hydrogen-bond donors (Lipinski definition) is 1. The molecule has 2 aromatic heterocycles. The highest BCUT2D eigenvalue weighted by Crippen LogP contribution is 2.22. The number of nitrogens with zero attached hydrogens (tertiary/aromatic N) is 3. The average molecular weight is 415 g/mol. The van der Waals surface area contributed by atoms with Gasteiger partial charge in [-0.15, -0.1) is 10.2 Å². The molecule has 142 valence electrons. The third kappa shape index (κ3) is 4.18. The van der Waals surface area contributed by atoms with Gasteiger partial charge >= 0.3 is 0 Å². The highest BCUT2D eigenvalue weighted by Gasteiger charge is 2.11. The van der Waals surface area contributed by atoms with E-state index in [9.17, 15) is 4.79 Å². The smallest absolute Gasteiger partial charge is 0.277 e. The Morgan fingerprint density at radius 1 is 1.18 bits per heavy atom. The summed E-state index contributed by atoms with van der Waals surface area (Å²) in [6.45, 7) is 2.08. The molecule has 0 unspecified atom stereocenters. The maximum absolute atomic E-state index is 12.2. The summed E-state index contributed by atoms with van der Waals surface area (Å²) in [5.41, 5.74) is 1.49.